The van der Waals surface area contributed by atoms with E-state index in [4.69, 9.17) is 9.47 Å². The topological polar surface area (TPSA) is 42.0 Å². The molecule has 0 N–H and O–H groups in total. The molecule has 3 aromatic carbocycles. The van der Waals surface area contributed by atoms with Gasteiger partial charge in [0.1, 0.15) is 11.7 Å². The summed E-state index contributed by atoms with van der Waals surface area (Å²) in [5.74, 6) is 0. The molecule has 5 nitrogen and oxygen atoms in total. The Kier molecular flexibility index (Phi) is 8.21. The van der Waals surface area contributed by atoms with Gasteiger partial charge in [-0.05, 0) is 43.0 Å². The molecule has 5 heteroatoms. The summed E-state index contributed by atoms with van der Waals surface area (Å²) in [6.45, 7) is 10.1. The summed E-state index contributed by atoms with van der Waals surface area (Å²) >= 11 is 0. The molecule has 1 saturated heterocycles. The number of amides is 1. The number of carbonyl (C=O) groups is 1. The van der Waals surface area contributed by atoms with E-state index < -0.39 is 5.60 Å². The van der Waals surface area contributed by atoms with Crippen LogP contribution < -0.4 is 0 Å². The highest BCUT2D eigenvalue weighted by molar-refractivity contribution is 5.68. The average molecular weight is 473 g/mol. The molecule has 1 aliphatic heterocycles. The predicted molar refractivity (Wildman–Crippen MR) is 140 cm³/mol. The molecule has 0 radical (unpaired) electrons. The SMILES string of the molecule is CC(C)(C)OC(=O)N1CCN(CCOC(c2ccccc2)c2ccc(-c3ccccc3)cc2)CC1. The Balaban J connectivity index is 1.34. The number of nitrogens with zero attached hydrogens (tertiary/aromatic N) is 2. The third-order valence-electron chi connectivity index (χ3n) is 6.14. The molecule has 1 atom stereocenters. The van der Waals surface area contributed by atoms with Gasteiger partial charge in [-0.3, -0.25) is 4.90 Å². The molecule has 0 spiro atoms. The Morgan fingerprint density at radius 2 is 1.31 bits per heavy atom. The molecule has 1 aliphatic rings. The first-order chi connectivity index (χ1) is 16.9. The zero-order chi connectivity index (χ0) is 24.7. The van der Waals surface area contributed by atoms with Crippen molar-refractivity contribution in [2.45, 2.75) is 32.5 Å². The fourth-order valence-corrected chi connectivity index (χ4v) is 4.27. The number of hydrogen-bond donors (Lipinski definition) is 0. The highest BCUT2D eigenvalue weighted by Crippen LogP contribution is 2.28. The number of ether oxygens (including phenoxy) is 2. The second-order valence-electron chi connectivity index (χ2n) is 9.96. The van der Waals surface area contributed by atoms with E-state index in [0.29, 0.717) is 19.7 Å². The van der Waals surface area contributed by atoms with Crippen LogP contribution in [0.25, 0.3) is 11.1 Å². The zero-order valence-corrected chi connectivity index (χ0v) is 21.0. The van der Waals surface area contributed by atoms with E-state index in [0.717, 1.165) is 30.8 Å². The smallest absolute Gasteiger partial charge is 0.410 e. The van der Waals surface area contributed by atoms with Crippen LogP contribution in [0.2, 0.25) is 0 Å². The van der Waals surface area contributed by atoms with E-state index in [1.54, 1.807) is 4.90 Å². The molecule has 1 amide bonds. The fourth-order valence-electron chi connectivity index (χ4n) is 4.27. The number of benzene rings is 3. The van der Waals surface area contributed by atoms with Crippen molar-refractivity contribution in [3.05, 3.63) is 96.1 Å². The Hall–Kier alpha value is -3.15. The van der Waals surface area contributed by atoms with Gasteiger partial charge in [-0.15, -0.1) is 0 Å². The molecule has 0 aliphatic carbocycles. The summed E-state index contributed by atoms with van der Waals surface area (Å²) in [4.78, 5) is 16.5. The van der Waals surface area contributed by atoms with Gasteiger partial charge in [-0.2, -0.15) is 0 Å². The van der Waals surface area contributed by atoms with Gasteiger partial charge in [-0.25, -0.2) is 4.79 Å². The molecule has 3 aromatic rings. The molecule has 1 heterocycles. The molecule has 1 unspecified atom stereocenters. The number of piperazine rings is 1. The van der Waals surface area contributed by atoms with Gasteiger partial charge in [0.05, 0.1) is 6.61 Å². The summed E-state index contributed by atoms with van der Waals surface area (Å²) in [6, 6.07) is 29.5. The molecule has 0 aromatic heterocycles. The van der Waals surface area contributed by atoms with E-state index in [1.165, 1.54) is 11.1 Å². The molecule has 184 valence electrons. The maximum Gasteiger partial charge on any atom is 0.410 e. The first-order valence-corrected chi connectivity index (χ1v) is 12.4. The lowest BCUT2D eigenvalue weighted by Gasteiger charge is -2.35. The summed E-state index contributed by atoms with van der Waals surface area (Å²) in [5.41, 5.74) is 4.24. The van der Waals surface area contributed by atoms with Crippen molar-refractivity contribution in [3.63, 3.8) is 0 Å². The minimum Gasteiger partial charge on any atom is -0.444 e. The average Bonchev–Trinajstić information content (AvgIpc) is 2.87. The Morgan fingerprint density at radius 3 is 1.91 bits per heavy atom. The van der Waals surface area contributed by atoms with E-state index in [-0.39, 0.29) is 12.2 Å². The molecule has 0 bridgehead atoms. The van der Waals surface area contributed by atoms with Crippen molar-refractivity contribution >= 4 is 6.09 Å². The van der Waals surface area contributed by atoms with E-state index in [2.05, 4.69) is 77.7 Å². The van der Waals surface area contributed by atoms with E-state index in [1.807, 2.05) is 32.9 Å². The van der Waals surface area contributed by atoms with Crippen molar-refractivity contribution in [2.75, 3.05) is 39.3 Å². The van der Waals surface area contributed by atoms with Crippen molar-refractivity contribution in [3.8, 4) is 11.1 Å². The molecular formula is C30H36N2O3. The molecule has 4 rings (SSSR count). The quantitative estimate of drug-likeness (QED) is 0.422. The molecule has 0 saturated carbocycles. The van der Waals surface area contributed by atoms with Crippen molar-refractivity contribution in [2.24, 2.45) is 0 Å². The van der Waals surface area contributed by atoms with Crippen molar-refractivity contribution in [1.29, 1.82) is 0 Å². The molecule has 1 fully saturated rings. The van der Waals surface area contributed by atoms with Gasteiger partial charge < -0.3 is 14.4 Å². The standard InChI is InChI=1S/C30H36N2O3/c1-30(2,3)35-29(33)32-20-18-31(19-21-32)22-23-34-28(26-12-8-5-9-13-26)27-16-14-25(15-17-27)24-10-6-4-7-11-24/h4-17,28H,18-23H2,1-3H3. The van der Waals surface area contributed by atoms with Gasteiger partial charge in [-0.1, -0.05) is 84.9 Å². The summed E-state index contributed by atoms with van der Waals surface area (Å²) in [5, 5.41) is 0. The third-order valence-corrected chi connectivity index (χ3v) is 6.14. The van der Waals surface area contributed by atoms with Crippen molar-refractivity contribution < 1.29 is 14.3 Å². The zero-order valence-electron chi connectivity index (χ0n) is 21.0. The maximum absolute atomic E-state index is 12.3. The van der Waals surface area contributed by atoms with Crippen molar-refractivity contribution in [1.82, 2.24) is 9.80 Å². The maximum atomic E-state index is 12.3. The lowest BCUT2D eigenvalue weighted by atomic mass is 9.98. The number of carbonyl (C=O) groups excluding carboxylic acids is 1. The van der Waals surface area contributed by atoms with Crippen LogP contribution in [0.15, 0.2) is 84.9 Å². The van der Waals surface area contributed by atoms with Crippen LogP contribution in [-0.2, 0) is 9.47 Å². The normalized spacial score (nSPS) is 15.6. The Morgan fingerprint density at radius 1 is 0.771 bits per heavy atom. The van der Waals surface area contributed by atoms with Gasteiger partial charge in [0.25, 0.3) is 0 Å². The highest BCUT2D eigenvalue weighted by Gasteiger charge is 2.26. The van der Waals surface area contributed by atoms with Gasteiger partial charge in [0.15, 0.2) is 0 Å². The summed E-state index contributed by atoms with van der Waals surface area (Å²) in [6.07, 6.45) is -0.347. The first kappa shape index (κ1) is 25.0. The number of rotatable bonds is 7. The molecule has 35 heavy (non-hydrogen) atoms. The summed E-state index contributed by atoms with van der Waals surface area (Å²) < 4.78 is 12.0. The van der Waals surface area contributed by atoms with Crippen LogP contribution in [0, 0.1) is 0 Å². The van der Waals surface area contributed by atoms with E-state index in [9.17, 15) is 4.79 Å². The lowest BCUT2D eigenvalue weighted by molar-refractivity contribution is 0.00882. The minimum atomic E-state index is -0.464. The van der Waals surface area contributed by atoms with Crippen LogP contribution in [-0.4, -0.2) is 60.8 Å². The number of hydrogen-bond acceptors (Lipinski definition) is 4. The second-order valence-corrected chi connectivity index (χ2v) is 9.96. The third kappa shape index (κ3) is 7.17. The Bertz CT molecular complexity index is 1050. The van der Waals surface area contributed by atoms with Gasteiger partial charge >= 0.3 is 6.09 Å². The van der Waals surface area contributed by atoms with E-state index >= 15 is 0 Å². The van der Waals surface area contributed by atoms with Gasteiger partial charge in [0.2, 0.25) is 0 Å². The van der Waals surface area contributed by atoms with Crippen LogP contribution in [0.5, 0.6) is 0 Å². The highest BCUT2D eigenvalue weighted by atomic mass is 16.6. The van der Waals surface area contributed by atoms with Crippen LogP contribution in [0.4, 0.5) is 4.79 Å². The predicted octanol–water partition coefficient (Wildman–Crippen LogP) is 6.01. The van der Waals surface area contributed by atoms with Crippen LogP contribution in [0.3, 0.4) is 0 Å². The van der Waals surface area contributed by atoms with Crippen LogP contribution >= 0.6 is 0 Å². The Labute approximate surface area is 209 Å². The van der Waals surface area contributed by atoms with Crippen LogP contribution in [0.1, 0.15) is 38.0 Å². The summed E-state index contributed by atoms with van der Waals surface area (Å²) in [7, 11) is 0. The second kappa shape index (κ2) is 11.5. The molecular weight excluding hydrogens is 436 g/mol. The first-order valence-electron chi connectivity index (χ1n) is 12.4. The largest absolute Gasteiger partial charge is 0.444 e. The lowest BCUT2D eigenvalue weighted by Crippen LogP contribution is -2.50. The van der Waals surface area contributed by atoms with Gasteiger partial charge in [0, 0.05) is 32.7 Å². The minimum absolute atomic E-state index is 0.121. The fraction of sp³-hybridized carbons (Fsp3) is 0.367. The monoisotopic (exact) mass is 472 g/mol.